The molecule has 0 radical (unpaired) electrons. The predicted molar refractivity (Wildman–Crippen MR) is 81.6 cm³/mol. The minimum absolute atomic E-state index is 0.637. The molecule has 4 nitrogen and oxygen atoms in total. The van der Waals surface area contributed by atoms with E-state index in [4.69, 9.17) is 0 Å². The van der Waals surface area contributed by atoms with Crippen molar-refractivity contribution in [3.8, 4) is 0 Å². The van der Waals surface area contributed by atoms with Gasteiger partial charge in [0.2, 0.25) is 0 Å². The summed E-state index contributed by atoms with van der Waals surface area (Å²) in [6.45, 7) is 3.54. The van der Waals surface area contributed by atoms with Crippen LogP contribution in [0, 0.1) is 5.92 Å². The Morgan fingerprint density at radius 1 is 1.11 bits per heavy atom. The van der Waals surface area contributed by atoms with Gasteiger partial charge in [0, 0.05) is 19.6 Å². The number of nitrogens with zero attached hydrogens (tertiary/aromatic N) is 2. The fraction of sp³-hybridized carbons (Fsp3) is 0.933. The second-order valence-electron chi connectivity index (χ2n) is 6.18. The SMILES string of the molecule is CN=C(NCC1CCN(C)CC1)NC1CCCCC1. The van der Waals surface area contributed by atoms with Crippen molar-refractivity contribution in [2.24, 2.45) is 10.9 Å². The van der Waals surface area contributed by atoms with E-state index >= 15 is 0 Å². The highest BCUT2D eigenvalue weighted by Crippen LogP contribution is 2.17. The lowest BCUT2D eigenvalue weighted by Crippen LogP contribution is -2.46. The zero-order valence-corrected chi connectivity index (χ0v) is 12.6. The maximum absolute atomic E-state index is 4.37. The number of guanidine groups is 1. The molecule has 4 heteroatoms. The standard InChI is InChI=1S/C15H30N4/c1-16-15(18-14-6-4-3-5-7-14)17-12-13-8-10-19(2)11-9-13/h13-14H,3-12H2,1-2H3,(H2,16,17,18). The lowest BCUT2D eigenvalue weighted by molar-refractivity contribution is 0.220. The molecule has 1 heterocycles. The second-order valence-corrected chi connectivity index (χ2v) is 6.18. The number of nitrogens with one attached hydrogen (secondary N) is 2. The van der Waals surface area contributed by atoms with Crippen LogP contribution in [0.3, 0.4) is 0 Å². The molecule has 0 spiro atoms. The summed E-state index contributed by atoms with van der Waals surface area (Å²) in [6.07, 6.45) is 9.35. The summed E-state index contributed by atoms with van der Waals surface area (Å²) in [5, 5.41) is 7.10. The number of piperidine rings is 1. The number of aliphatic imine (C=N–C) groups is 1. The molecule has 0 aromatic carbocycles. The van der Waals surface area contributed by atoms with Crippen LogP contribution in [0.5, 0.6) is 0 Å². The molecular formula is C15H30N4. The second kappa shape index (κ2) is 7.73. The molecule has 1 aliphatic carbocycles. The van der Waals surface area contributed by atoms with E-state index in [0.717, 1.165) is 18.4 Å². The van der Waals surface area contributed by atoms with Gasteiger partial charge >= 0.3 is 0 Å². The van der Waals surface area contributed by atoms with E-state index in [-0.39, 0.29) is 0 Å². The molecule has 0 amide bonds. The van der Waals surface area contributed by atoms with Crippen LogP contribution < -0.4 is 10.6 Å². The van der Waals surface area contributed by atoms with Gasteiger partial charge in [0.25, 0.3) is 0 Å². The maximum atomic E-state index is 4.37. The zero-order valence-electron chi connectivity index (χ0n) is 12.6. The Bertz CT molecular complexity index is 276. The van der Waals surface area contributed by atoms with Gasteiger partial charge in [0.15, 0.2) is 5.96 Å². The van der Waals surface area contributed by atoms with Crippen molar-refractivity contribution in [1.29, 1.82) is 0 Å². The Morgan fingerprint density at radius 2 is 1.79 bits per heavy atom. The van der Waals surface area contributed by atoms with Crippen molar-refractivity contribution in [3.63, 3.8) is 0 Å². The topological polar surface area (TPSA) is 39.7 Å². The molecule has 19 heavy (non-hydrogen) atoms. The van der Waals surface area contributed by atoms with Gasteiger partial charge in [0.05, 0.1) is 0 Å². The predicted octanol–water partition coefficient (Wildman–Crippen LogP) is 1.83. The van der Waals surface area contributed by atoms with Gasteiger partial charge < -0.3 is 15.5 Å². The first-order valence-electron chi connectivity index (χ1n) is 7.93. The van der Waals surface area contributed by atoms with Gasteiger partial charge in [-0.3, -0.25) is 4.99 Å². The van der Waals surface area contributed by atoms with E-state index in [1.54, 1.807) is 0 Å². The van der Waals surface area contributed by atoms with Crippen molar-refractivity contribution in [2.45, 2.75) is 51.0 Å². The molecule has 2 fully saturated rings. The smallest absolute Gasteiger partial charge is 0.191 e. The first-order chi connectivity index (χ1) is 9.28. The first-order valence-corrected chi connectivity index (χ1v) is 7.93. The summed E-state index contributed by atoms with van der Waals surface area (Å²) < 4.78 is 0. The number of hydrogen-bond acceptors (Lipinski definition) is 2. The van der Waals surface area contributed by atoms with Crippen molar-refractivity contribution in [3.05, 3.63) is 0 Å². The number of hydrogen-bond donors (Lipinski definition) is 2. The van der Waals surface area contributed by atoms with Crippen LogP contribution in [-0.4, -0.2) is 50.6 Å². The summed E-state index contributed by atoms with van der Waals surface area (Å²) in [5.41, 5.74) is 0. The quantitative estimate of drug-likeness (QED) is 0.605. The van der Waals surface area contributed by atoms with Gasteiger partial charge in [-0.05, 0) is 51.7 Å². The fourth-order valence-electron chi connectivity index (χ4n) is 3.14. The van der Waals surface area contributed by atoms with Gasteiger partial charge in [-0.1, -0.05) is 19.3 Å². The summed E-state index contributed by atoms with van der Waals surface area (Å²) in [7, 11) is 4.10. The van der Waals surface area contributed by atoms with E-state index in [2.05, 4.69) is 27.6 Å². The Hall–Kier alpha value is -0.770. The van der Waals surface area contributed by atoms with Crippen LogP contribution in [0.1, 0.15) is 44.9 Å². The molecule has 1 aliphatic heterocycles. The van der Waals surface area contributed by atoms with Crippen molar-refractivity contribution in [2.75, 3.05) is 33.7 Å². The Kier molecular flexibility index (Phi) is 5.95. The largest absolute Gasteiger partial charge is 0.356 e. The average Bonchev–Trinajstić information content (AvgIpc) is 2.46. The van der Waals surface area contributed by atoms with Crippen molar-refractivity contribution >= 4 is 5.96 Å². The monoisotopic (exact) mass is 266 g/mol. The zero-order chi connectivity index (χ0) is 13.5. The van der Waals surface area contributed by atoms with Crippen LogP contribution in [0.2, 0.25) is 0 Å². The third-order valence-corrected chi connectivity index (χ3v) is 4.57. The normalized spacial score (nSPS) is 24.4. The first kappa shape index (κ1) is 14.6. The van der Waals surface area contributed by atoms with Crippen molar-refractivity contribution in [1.82, 2.24) is 15.5 Å². The average molecular weight is 266 g/mol. The highest BCUT2D eigenvalue weighted by molar-refractivity contribution is 5.79. The maximum Gasteiger partial charge on any atom is 0.191 e. The third-order valence-electron chi connectivity index (χ3n) is 4.57. The van der Waals surface area contributed by atoms with Crippen LogP contribution >= 0.6 is 0 Å². The molecule has 2 N–H and O–H groups in total. The molecule has 0 bridgehead atoms. The van der Waals surface area contributed by atoms with Gasteiger partial charge in [-0.2, -0.15) is 0 Å². The summed E-state index contributed by atoms with van der Waals surface area (Å²) in [6, 6.07) is 0.637. The van der Waals surface area contributed by atoms with Crippen LogP contribution in [-0.2, 0) is 0 Å². The Morgan fingerprint density at radius 3 is 2.42 bits per heavy atom. The Labute approximate surface area is 118 Å². The third kappa shape index (κ3) is 5.01. The minimum Gasteiger partial charge on any atom is -0.356 e. The molecule has 2 aliphatic rings. The molecule has 0 atom stereocenters. The number of likely N-dealkylation sites (tertiary alicyclic amines) is 1. The van der Waals surface area contributed by atoms with E-state index in [1.165, 1.54) is 58.0 Å². The Balaban J connectivity index is 1.67. The van der Waals surface area contributed by atoms with E-state index in [9.17, 15) is 0 Å². The molecule has 0 aromatic rings. The van der Waals surface area contributed by atoms with Crippen LogP contribution in [0.15, 0.2) is 4.99 Å². The van der Waals surface area contributed by atoms with E-state index in [0.29, 0.717) is 6.04 Å². The molecule has 0 unspecified atom stereocenters. The van der Waals surface area contributed by atoms with Gasteiger partial charge in [0.1, 0.15) is 0 Å². The lowest BCUT2D eigenvalue weighted by Gasteiger charge is -2.30. The summed E-state index contributed by atoms with van der Waals surface area (Å²) in [5.74, 6) is 1.81. The van der Waals surface area contributed by atoms with E-state index < -0.39 is 0 Å². The van der Waals surface area contributed by atoms with Gasteiger partial charge in [-0.25, -0.2) is 0 Å². The fourth-order valence-corrected chi connectivity index (χ4v) is 3.14. The van der Waals surface area contributed by atoms with Gasteiger partial charge in [-0.15, -0.1) is 0 Å². The highest BCUT2D eigenvalue weighted by atomic mass is 15.2. The van der Waals surface area contributed by atoms with Crippen LogP contribution in [0.25, 0.3) is 0 Å². The molecule has 110 valence electrons. The number of rotatable bonds is 3. The molecule has 1 saturated heterocycles. The summed E-state index contributed by atoms with van der Waals surface area (Å²) in [4.78, 5) is 6.79. The lowest BCUT2D eigenvalue weighted by atomic mass is 9.95. The minimum atomic E-state index is 0.637. The van der Waals surface area contributed by atoms with E-state index in [1.807, 2.05) is 7.05 Å². The molecular weight excluding hydrogens is 236 g/mol. The molecule has 2 rings (SSSR count). The van der Waals surface area contributed by atoms with Crippen LogP contribution in [0.4, 0.5) is 0 Å². The molecule has 1 saturated carbocycles. The highest BCUT2D eigenvalue weighted by Gasteiger charge is 2.18. The molecule has 0 aromatic heterocycles. The summed E-state index contributed by atoms with van der Waals surface area (Å²) >= 11 is 0. The van der Waals surface area contributed by atoms with Crippen molar-refractivity contribution < 1.29 is 0 Å².